The fourth-order valence-electron chi connectivity index (χ4n) is 3.80. The van der Waals surface area contributed by atoms with Crippen LogP contribution in [0.15, 0.2) is 64.7 Å². The highest BCUT2D eigenvalue weighted by atomic mass is 32.2. The predicted octanol–water partition coefficient (Wildman–Crippen LogP) is 3.22. The average Bonchev–Trinajstić information content (AvgIpc) is 2.82. The largest absolute Gasteiger partial charge is 0.353 e. The van der Waals surface area contributed by atoms with E-state index in [9.17, 15) is 9.59 Å². The van der Waals surface area contributed by atoms with Crippen LogP contribution in [0.1, 0.15) is 29.0 Å². The summed E-state index contributed by atoms with van der Waals surface area (Å²) in [4.78, 5) is 41.4. The van der Waals surface area contributed by atoms with E-state index in [0.29, 0.717) is 29.5 Å². The van der Waals surface area contributed by atoms with Crippen LogP contribution in [-0.2, 0) is 11.2 Å². The second-order valence-corrected chi connectivity index (χ2v) is 9.17. The number of benzene rings is 1. The molecule has 0 aliphatic carbocycles. The Bertz CT molecular complexity index is 1110. The first-order valence-electron chi connectivity index (χ1n) is 10.8. The monoisotopic (exact) mass is 449 g/mol. The molecule has 4 rings (SSSR count). The Hall–Kier alpha value is -3.13. The van der Waals surface area contributed by atoms with Crippen molar-refractivity contribution in [2.75, 3.05) is 31.1 Å². The highest BCUT2D eigenvalue weighted by molar-refractivity contribution is 7.99. The number of aromatic nitrogens is 3. The zero-order valence-corrected chi connectivity index (χ0v) is 19.1. The van der Waals surface area contributed by atoms with E-state index in [1.54, 1.807) is 13.1 Å². The van der Waals surface area contributed by atoms with Gasteiger partial charge >= 0.3 is 0 Å². The number of pyridine rings is 1. The first-order chi connectivity index (χ1) is 15.5. The number of carbonyl (C=O) groups is 1. The van der Waals surface area contributed by atoms with Crippen LogP contribution in [0.3, 0.4) is 0 Å². The summed E-state index contributed by atoms with van der Waals surface area (Å²) in [5, 5.41) is 0.727. The smallest absolute Gasteiger partial charge is 0.255 e. The molecular weight excluding hydrogens is 422 g/mol. The highest BCUT2D eigenvalue weighted by Crippen LogP contribution is 2.32. The molecule has 1 amide bonds. The maximum absolute atomic E-state index is 12.9. The van der Waals surface area contributed by atoms with E-state index in [2.05, 4.69) is 38.9 Å². The summed E-state index contributed by atoms with van der Waals surface area (Å²) >= 11 is 1.51. The van der Waals surface area contributed by atoms with Gasteiger partial charge in [0.25, 0.3) is 5.56 Å². The van der Waals surface area contributed by atoms with Gasteiger partial charge in [-0.15, -0.1) is 0 Å². The summed E-state index contributed by atoms with van der Waals surface area (Å²) in [7, 11) is 0. The molecule has 2 aromatic heterocycles. The molecule has 8 heteroatoms. The molecule has 32 heavy (non-hydrogen) atoms. The lowest BCUT2D eigenvalue weighted by molar-refractivity contribution is -0.130. The molecule has 1 fully saturated rings. The van der Waals surface area contributed by atoms with Gasteiger partial charge in [0.1, 0.15) is 5.82 Å². The standard InChI is InChI=1S/C24H27N5O2S/c1-17-20(23(31)27-24(26-17)32-18(2)19-8-4-3-5-9-19)16-22(30)29-14-12-28(13-15-29)21-10-6-7-11-25-21/h3-11,18H,12-16H2,1-2H3,(H,26,27,31)/t18-/m0/s1. The minimum atomic E-state index is -0.235. The second kappa shape index (κ2) is 9.99. The summed E-state index contributed by atoms with van der Waals surface area (Å²) in [6, 6.07) is 15.9. The van der Waals surface area contributed by atoms with Crippen molar-refractivity contribution in [1.82, 2.24) is 19.9 Å². The molecule has 0 unspecified atom stereocenters. The average molecular weight is 450 g/mol. The summed E-state index contributed by atoms with van der Waals surface area (Å²) in [6.07, 6.45) is 1.84. The Morgan fingerprint density at radius 3 is 2.47 bits per heavy atom. The van der Waals surface area contributed by atoms with Gasteiger partial charge in [0.2, 0.25) is 5.91 Å². The molecule has 166 valence electrons. The van der Waals surface area contributed by atoms with Crippen LogP contribution in [-0.4, -0.2) is 51.9 Å². The van der Waals surface area contributed by atoms with Crippen molar-refractivity contribution in [2.24, 2.45) is 0 Å². The molecule has 0 radical (unpaired) electrons. The van der Waals surface area contributed by atoms with Gasteiger partial charge in [-0.2, -0.15) is 0 Å². The van der Waals surface area contributed by atoms with Crippen LogP contribution in [0.25, 0.3) is 0 Å². The van der Waals surface area contributed by atoms with E-state index in [1.165, 1.54) is 17.3 Å². The Labute approximate surface area is 191 Å². The quantitative estimate of drug-likeness (QED) is 0.460. The normalized spacial score (nSPS) is 14.9. The summed E-state index contributed by atoms with van der Waals surface area (Å²) < 4.78 is 0. The van der Waals surface area contributed by atoms with Crippen molar-refractivity contribution in [3.8, 4) is 0 Å². The number of amides is 1. The van der Waals surface area contributed by atoms with Crippen LogP contribution in [0.5, 0.6) is 0 Å². The van der Waals surface area contributed by atoms with Crippen molar-refractivity contribution in [1.29, 1.82) is 0 Å². The third kappa shape index (κ3) is 5.19. The molecule has 1 saturated heterocycles. The fraction of sp³-hybridized carbons (Fsp3) is 0.333. The Morgan fingerprint density at radius 1 is 1.09 bits per heavy atom. The van der Waals surface area contributed by atoms with Gasteiger partial charge in [-0.3, -0.25) is 9.59 Å². The van der Waals surface area contributed by atoms with Gasteiger partial charge in [-0.25, -0.2) is 9.97 Å². The van der Waals surface area contributed by atoms with Crippen LogP contribution in [0.4, 0.5) is 5.82 Å². The second-order valence-electron chi connectivity index (χ2n) is 7.84. The Morgan fingerprint density at radius 2 is 1.81 bits per heavy atom. The van der Waals surface area contributed by atoms with E-state index in [4.69, 9.17) is 0 Å². The van der Waals surface area contributed by atoms with Gasteiger partial charge in [0.05, 0.1) is 6.42 Å². The van der Waals surface area contributed by atoms with Gasteiger partial charge in [-0.05, 0) is 31.5 Å². The number of carbonyl (C=O) groups excluding carboxylic acids is 1. The third-order valence-corrected chi connectivity index (χ3v) is 6.73. The molecule has 0 bridgehead atoms. The maximum Gasteiger partial charge on any atom is 0.255 e. The SMILES string of the molecule is Cc1nc(S[C@@H](C)c2ccccc2)[nH]c(=O)c1CC(=O)N1CCN(c2ccccn2)CC1. The summed E-state index contributed by atoms with van der Waals surface area (Å²) in [5.74, 6) is 0.882. The van der Waals surface area contributed by atoms with Crippen LogP contribution >= 0.6 is 11.8 Å². The van der Waals surface area contributed by atoms with Gasteiger partial charge < -0.3 is 14.8 Å². The lowest BCUT2D eigenvalue weighted by Gasteiger charge is -2.35. The molecular formula is C24H27N5O2S. The number of nitrogens with zero attached hydrogens (tertiary/aromatic N) is 4. The van der Waals surface area contributed by atoms with E-state index >= 15 is 0 Å². The van der Waals surface area contributed by atoms with Crippen molar-refractivity contribution in [3.63, 3.8) is 0 Å². The number of aryl methyl sites for hydroxylation is 1. The Kier molecular flexibility index (Phi) is 6.90. The van der Waals surface area contributed by atoms with E-state index in [-0.39, 0.29) is 23.1 Å². The summed E-state index contributed by atoms with van der Waals surface area (Å²) in [6.45, 7) is 6.56. The zero-order chi connectivity index (χ0) is 22.5. The number of hydrogen-bond acceptors (Lipinski definition) is 6. The number of piperazine rings is 1. The molecule has 1 atom stereocenters. The molecule has 1 aliphatic rings. The zero-order valence-electron chi connectivity index (χ0n) is 18.3. The molecule has 1 N–H and O–H groups in total. The number of H-pyrrole nitrogens is 1. The summed E-state index contributed by atoms with van der Waals surface area (Å²) in [5.41, 5.74) is 1.98. The number of aromatic amines is 1. The number of nitrogens with one attached hydrogen (secondary N) is 1. The molecule has 1 aromatic carbocycles. The van der Waals surface area contributed by atoms with Crippen LogP contribution in [0, 0.1) is 6.92 Å². The van der Waals surface area contributed by atoms with Gasteiger partial charge in [-0.1, -0.05) is 48.2 Å². The molecule has 1 aliphatic heterocycles. The fourth-order valence-corrected chi connectivity index (χ4v) is 4.77. The predicted molar refractivity (Wildman–Crippen MR) is 127 cm³/mol. The van der Waals surface area contributed by atoms with Crippen molar-refractivity contribution < 1.29 is 4.79 Å². The highest BCUT2D eigenvalue weighted by Gasteiger charge is 2.23. The van der Waals surface area contributed by atoms with Crippen molar-refractivity contribution in [3.05, 3.63) is 81.9 Å². The van der Waals surface area contributed by atoms with E-state index in [0.717, 1.165) is 18.9 Å². The maximum atomic E-state index is 12.9. The first kappa shape index (κ1) is 22.1. The molecule has 3 aromatic rings. The minimum absolute atomic E-state index is 0.0425. The number of anilines is 1. The Balaban J connectivity index is 1.38. The number of rotatable bonds is 6. The number of thioether (sulfide) groups is 1. The van der Waals surface area contributed by atoms with Crippen molar-refractivity contribution in [2.45, 2.75) is 30.7 Å². The van der Waals surface area contributed by atoms with Crippen molar-refractivity contribution >= 4 is 23.5 Å². The topological polar surface area (TPSA) is 82.2 Å². The molecule has 0 spiro atoms. The molecule has 0 saturated carbocycles. The van der Waals surface area contributed by atoms with Crippen LogP contribution in [0.2, 0.25) is 0 Å². The first-order valence-corrected chi connectivity index (χ1v) is 11.6. The number of hydrogen-bond donors (Lipinski definition) is 1. The van der Waals surface area contributed by atoms with Gasteiger partial charge in [0.15, 0.2) is 5.16 Å². The van der Waals surface area contributed by atoms with E-state index in [1.807, 2.05) is 41.3 Å². The minimum Gasteiger partial charge on any atom is -0.353 e. The molecule has 3 heterocycles. The van der Waals surface area contributed by atoms with Crippen LogP contribution < -0.4 is 10.5 Å². The third-order valence-electron chi connectivity index (χ3n) is 5.69. The van der Waals surface area contributed by atoms with E-state index < -0.39 is 0 Å². The lowest BCUT2D eigenvalue weighted by atomic mass is 10.1. The lowest BCUT2D eigenvalue weighted by Crippen LogP contribution is -2.49. The van der Waals surface area contributed by atoms with Gasteiger partial charge in [0, 0.05) is 48.9 Å². The molecule has 7 nitrogen and oxygen atoms in total.